The molecule has 168 valence electrons. The van der Waals surface area contributed by atoms with Crippen LogP contribution in [0.1, 0.15) is 33.3 Å². The fraction of sp³-hybridized carbons (Fsp3) is 0.526. The van der Waals surface area contributed by atoms with Crippen LogP contribution in [0.15, 0.2) is 29.2 Å². The Hall–Kier alpha value is -2.43. The summed E-state index contributed by atoms with van der Waals surface area (Å²) >= 11 is 1.07. The van der Waals surface area contributed by atoms with Crippen LogP contribution >= 0.6 is 11.8 Å². The smallest absolute Gasteiger partial charge is 0.416 e. The highest BCUT2D eigenvalue weighted by atomic mass is 32.2. The summed E-state index contributed by atoms with van der Waals surface area (Å²) in [6.07, 6.45) is -5.23. The minimum atomic E-state index is -4.44. The van der Waals surface area contributed by atoms with Crippen molar-refractivity contribution < 1.29 is 37.0 Å². The number of amides is 2. The Balaban J connectivity index is 2.70. The first kappa shape index (κ1) is 25.6. The Labute approximate surface area is 177 Å². The Morgan fingerprint density at radius 1 is 1.07 bits per heavy atom. The van der Waals surface area contributed by atoms with Gasteiger partial charge < -0.3 is 20.1 Å². The van der Waals surface area contributed by atoms with Gasteiger partial charge in [-0.3, -0.25) is 4.79 Å². The number of nitrogens with one attached hydrogen (secondary N) is 2. The van der Waals surface area contributed by atoms with Crippen molar-refractivity contribution in [2.75, 3.05) is 12.9 Å². The zero-order valence-electron chi connectivity index (χ0n) is 17.3. The van der Waals surface area contributed by atoms with Crippen LogP contribution in [0.4, 0.5) is 18.0 Å². The van der Waals surface area contributed by atoms with E-state index in [1.165, 1.54) is 19.1 Å². The van der Waals surface area contributed by atoms with E-state index in [-0.39, 0.29) is 5.75 Å². The quantitative estimate of drug-likeness (QED) is 0.489. The molecule has 0 aliphatic carbocycles. The van der Waals surface area contributed by atoms with Crippen LogP contribution in [0.25, 0.3) is 0 Å². The SMILES string of the molecule is COC(=O)[C@H](CSc1ccc(C(F)(F)F)cc1)NC(=O)[C@H](C)NC(=O)OC(C)(C)C. The van der Waals surface area contributed by atoms with Crippen molar-refractivity contribution in [2.45, 2.75) is 56.5 Å². The van der Waals surface area contributed by atoms with Gasteiger partial charge in [-0.1, -0.05) is 0 Å². The maximum absolute atomic E-state index is 12.6. The van der Waals surface area contributed by atoms with E-state index in [2.05, 4.69) is 15.4 Å². The van der Waals surface area contributed by atoms with Gasteiger partial charge in [0.05, 0.1) is 12.7 Å². The molecule has 30 heavy (non-hydrogen) atoms. The number of rotatable bonds is 7. The third-order valence-corrected chi connectivity index (χ3v) is 4.63. The van der Waals surface area contributed by atoms with Crippen LogP contribution in [0, 0.1) is 0 Å². The lowest BCUT2D eigenvalue weighted by atomic mass is 10.2. The largest absolute Gasteiger partial charge is 0.467 e. The van der Waals surface area contributed by atoms with Crippen molar-refractivity contribution in [1.29, 1.82) is 0 Å². The highest BCUT2D eigenvalue weighted by Gasteiger charge is 2.30. The maximum atomic E-state index is 12.6. The highest BCUT2D eigenvalue weighted by Crippen LogP contribution is 2.30. The molecule has 11 heteroatoms. The monoisotopic (exact) mass is 450 g/mol. The van der Waals surface area contributed by atoms with Crippen LogP contribution in [0.2, 0.25) is 0 Å². The number of hydrogen-bond acceptors (Lipinski definition) is 6. The zero-order chi connectivity index (χ0) is 23.1. The minimum absolute atomic E-state index is 0.0168. The zero-order valence-corrected chi connectivity index (χ0v) is 18.1. The molecule has 1 aromatic rings. The third kappa shape index (κ3) is 8.93. The number of methoxy groups -OCH3 is 1. The van der Waals surface area contributed by atoms with Crippen molar-refractivity contribution in [3.8, 4) is 0 Å². The van der Waals surface area contributed by atoms with E-state index in [1.54, 1.807) is 20.8 Å². The molecule has 0 bridgehead atoms. The number of alkyl carbamates (subject to hydrolysis) is 1. The molecule has 2 amide bonds. The van der Waals surface area contributed by atoms with Gasteiger partial charge in [-0.2, -0.15) is 13.2 Å². The minimum Gasteiger partial charge on any atom is -0.467 e. The molecule has 0 aliphatic rings. The van der Waals surface area contributed by atoms with Crippen LogP contribution in [-0.4, -0.2) is 48.5 Å². The van der Waals surface area contributed by atoms with Gasteiger partial charge >= 0.3 is 18.2 Å². The number of benzene rings is 1. The lowest BCUT2D eigenvalue weighted by Crippen LogP contribution is -2.52. The lowest BCUT2D eigenvalue weighted by Gasteiger charge is -2.23. The summed E-state index contributed by atoms with van der Waals surface area (Å²) in [7, 11) is 1.15. The molecule has 7 nitrogen and oxygen atoms in total. The molecule has 0 aromatic heterocycles. The van der Waals surface area contributed by atoms with Crippen LogP contribution in [0.5, 0.6) is 0 Å². The van der Waals surface area contributed by atoms with Crippen LogP contribution < -0.4 is 10.6 Å². The molecule has 1 aromatic carbocycles. The topological polar surface area (TPSA) is 93.7 Å². The summed E-state index contributed by atoms with van der Waals surface area (Å²) in [6, 6.07) is 2.34. The molecule has 2 atom stereocenters. The second-order valence-electron chi connectivity index (χ2n) is 7.29. The van der Waals surface area contributed by atoms with Gasteiger partial charge in [0.1, 0.15) is 17.7 Å². The Morgan fingerprint density at radius 3 is 2.10 bits per heavy atom. The molecule has 0 unspecified atom stereocenters. The molecule has 0 spiro atoms. The fourth-order valence-electron chi connectivity index (χ4n) is 2.08. The Morgan fingerprint density at radius 2 is 1.63 bits per heavy atom. The van der Waals surface area contributed by atoms with Crippen molar-refractivity contribution in [3.63, 3.8) is 0 Å². The van der Waals surface area contributed by atoms with E-state index in [0.717, 1.165) is 31.0 Å². The maximum Gasteiger partial charge on any atom is 0.416 e. The van der Waals surface area contributed by atoms with Gasteiger partial charge in [0.25, 0.3) is 0 Å². The van der Waals surface area contributed by atoms with Crippen molar-refractivity contribution in [2.24, 2.45) is 0 Å². The molecule has 0 radical (unpaired) electrons. The van der Waals surface area contributed by atoms with E-state index < -0.39 is 47.4 Å². The first-order valence-corrected chi connectivity index (χ1v) is 9.89. The first-order chi connectivity index (χ1) is 13.7. The average molecular weight is 450 g/mol. The number of halogens is 3. The Bertz CT molecular complexity index is 748. The number of carbonyl (C=O) groups excluding carboxylic acids is 3. The van der Waals surface area contributed by atoms with E-state index in [9.17, 15) is 27.6 Å². The predicted octanol–water partition coefficient (Wildman–Crippen LogP) is 3.37. The molecular weight excluding hydrogens is 425 g/mol. The van der Waals surface area contributed by atoms with Gasteiger partial charge in [0.2, 0.25) is 5.91 Å². The predicted molar refractivity (Wildman–Crippen MR) is 105 cm³/mol. The summed E-state index contributed by atoms with van der Waals surface area (Å²) in [4.78, 5) is 36.5. The van der Waals surface area contributed by atoms with Crippen LogP contribution in [0.3, 0.4) is 0 Å². The van der Waals surface area contributed by atoms with Crippen molar-refractivity contribution >= 4 is 29.7 Å². The third-order valence-electron chi connectivity index (χ3n) is 3.53. The summed E-state index contributed by atoms with van der Waals surface area (Å²) in [5, 5.41) is 4.81. The van der Waals surface area contributed by atoms with Crippen LogP contribution in [-0.2, 0) is 25.2 Å². The van der Waals surface area contributed by atoms with Gasteiger partial charge in [-0.25, -0.2) is 9.59 Å². The van der Waals surface area contributed by atoms with E-state index in [0.29, 0.717) is 4.90 Å². The molecule has 0 aliphatic heterocycles. The normalized spacial score (nSPS) is 13.7. The first-order valence-electron chi connectivity index (χ1n) is 8.90. The molecular formula is C19H25F3N2O5S. The second-order valence-corrected chi connectivity index (χ2v) is 8.38. The molecule has 1 rings (SSSR count). The number of esters is 1. The average Bonchev–Trinajstić information content (AvgIpc) is 2.62. The second kappa shape index (κ2) is 10.6. The molecule has 0 saturated carbocycles. The number of alkyl halides is 3. The van der Waals surface area contributed by atoms with Crippen molar-refractivity contribution in [3.05, 3.63) is 29.8 Å². The molecule has 2 N–H and O–H groups in total. The molecule has 0 heterocycles. The van der Waals surface area contributed by atoms with Gasteiger partial charge in [-0.05, 0) is 52.0 Å². The van der Waals surface area contributed by atoms with Gasteiger partial charge in [0, 0.05) is 10.6 Å². The number of ether oxygens (including phenoxy) is 2. The number of thioether (sulfide) groups is 1. The Kier molecular flexibility index (Phi) is 9.01. The summed E-state index contributed by atoms with van der Waals surface area (Å²) in [5.41, 5.74) is -1.53. The number of carbonyl (C=O) groups is 3. The summed E-state index contributed by atoms with van der Waals surface area (Å²) < 4.78 is 47.6. The molecule has 0 fully saturated rings. The standard InChI is InChI=1S/C19H25F3N2O5S/c1-11(23-17(27)29-18(2,3)4)15(25)24-14(16(26)28-5)10-30-13-8-6-12(7-9-13)19(20,21)22/h6-9,11,14H,10H2,1-5H3,(H,23,27)(H,24,25)/t11-,14-/m0/s1. The molecule has 0 saturated heterocycles. The lowest BCUT2D eigenvalue weighted by molar-refractivity contribution is -0.144. The highest BCUT2D eigenvalue weighted by molar-refractivity contribution is 7.99. The fourth-order valence-corrected chi connectivity index (χ4v) is 2.98. The van der Waals surface area contributed by atoms with E-state index in [4.69, 9.17) is 4.74 Å². The van der Waals surface area contributed by atoms with Gasteiger partial charge in [-0.15, -0.1) is 11.8 Å². The summed E-state index contributed by atoms with van der Waals surface area (Å²) in [5.74, 6) is -1.36. The van der Waals surface area contributed by atoms with Crippen molar-refractivity contribution in [1.82, 2.24) is 10.6 Å². The number of hydrogen-bond donors (Lipinski definition) is 2. The summed E-state index contributed by atoms with van der Waals surface area (Å²) in [6.45, 7) is 6.42. The van der Waals surface area contributed by atoms with E-state index in [1.807, 2.05) is 0 Å². The van der Waals surface area contributed by atoms with E-state index >= 15 is 0 Å². The van der Waals surface area contributed by atoms with Gasteiger partial charge in [0.15, 0.2) is 0 Å².